The van der Waals surface area contributed by atoms with E-state index >= 15 is 0 Å². The van der Waals surface area contributed by atoms with Crippen molar-refractivity contribution in [2.45, 2.75) is 12.5 Å². The maximum Gasteiger partial charge on any atom is 0.254 e. The minimum atomic E-state index is -0.311. The molecule has 0 radical (unpaired) electrons. The summed E-state index contributed by atoms with van der Waals surface area (Å²) in [6.07, 6.45) is 2.42. The number of furan rings is 1. The second-order valence-electron chi connectivity index (χ2n) is 6.79. The van der Waals surface area contributed by atoms with Crippen LogP contribution in [0.5, 0.6) is 17.2 Å². The SMILES string of the molecule is COc1ccc(OCC2c3occc3CCN2C(=O)c2cccc(OC)c2)cc1. The molecule has 2 aromatic carbocycles. The summed E-state index contributed by atoms with van der Waals surface area (Å²) in [7, 11) is 3.21. The van der Waals surface area contributed by atoms with Gasteiger partial charge in [-0.05, 0) is 60.5 Å². The third-order valence-corrected chi connectivity index (χ3v) is 5.13. The maximum atomic E-state index is 13.3. The van der Waals surface area contributed by atoms with Crippen LogP contribution in [0.1, 0.15) is 27.7 Å². The summed E-state index contributed by atoms with van der Waals surface area (Å²) in [6.45, 7) is 0.891. The van der Waals surface area contributed by atoms with E-state index in [0.29, 0.717) is 30.2 Å². The van der Waals surface area contributed by atoms with Gasteiger partial charge >= 0.3 is 0 Å². The summed E-state index contributed by atoms with van der Waals surface area (Å²) in [5.74, 6) is 2.82. The molecular weight excluding hydrogens is 370 g/mol. The average molecular weight is 393 g/mol. The summed E-state index contributed by atoms with van der Waals surface area (Å²) < 4.78 is 22.2. The van der Waals surface area contributed by atoms with E-state index in [1.807, 2.05) is 47.4 Å². The van der Waals surface area contributed by atoms with Gasteiger partial charge in [0.2, 0.25) is 0 Å². The number of amides is 1. The summed E-state index contributed by atoms with van der Waals surface area (Å²) in [6, 6.07) is 16.2. The van der Waals surface area contributed by atoms with Crippen LogP contribution in [0, 0.1) is 0 Å². The number of methoxy groups -OCH3 is 2. The van der Waals surface area contributed by atoms with Crippen molar-refractivity contribution in [2.24, 2.45) is 0 Å². The number of hydrogen-bond acceptors (Lipinski definition) is 5. The minimum absolute atomic E-state index is 0.0747. The highest BCUT2D eigenvalue weighted by Crippen LogP contribution is 2.33. The van der Waals surface area contributed by atoms with Gasteiger partial charge in [0.1, 0.15) is 35.7 Å². The first-order chi connectivity index (χ1) is 14.2. The molecule has 3 aromatic rings. The summed E-state index contributed by atoms with van der Waals surface area (Å²) >= 11 is 0. The van der Waals surface area contributed by atoms with Gasteiger partial charge in [0, 0.05) is 12.1 Å². The number of carbonyl (C=O) groups is 1. The summed E-state index contributed by atoms with van der Waals surface area (Å²) in [5.41, 5.74) is 1.69. The van der Waals surface area contributed by atoms with Crippen molar-refractivity contribution in [1.29, 1.82) is 0 Å². The monoisotopic (exact) mass is 393 g/mol. The Balaban J connectivity index is 1.57. The second kappa shape index (κ2) is 8.31. The number of hydrogen-bond donors (Lipinski definition) is 0. The van der Waals surface area contributed by atoms with Crippen molar-refractivity contribution in [1.82, 2.24) is 4.90 Å². The molecule has 1 amide bonds. The number of carbonyl (C=O) groups excluding carboxylic acids is 1. The molecule has 0 bridgehead atoms. The van der Waals surface area contributed by atoms with Crippen LogP contribution in [0.3, 0.4) is 0 Å². The zero-order valence-corrected chi connectivity index (χ0v) is 16.5. The molecule has 6 nitrogen and oxygen atoms in total. The van der Waals surface area contributed by atoms with Crippen molar-refractivity contribution in [2.75, 3.05) is 27.4 Å². The molecule has 6 heteroatoms. The zero-order valence-electron chi connectivity index (χ0n) is 16.5. The fourth-order valence-electron chi connectivity index (χ4n) is 3.56. The van der Waals surface area contributed by atoms with Crippen LogP contribution in [0.4, 0.5) is 0 Å². The van der Waals surface area contributed by atoms with Crippen LogP contribution >= 0.6 is 0 Å². The zero-order chi connectivity index (χ0) is 20.2. The molecule has 0 spiro atoms. The van der Waals surface area contributed by atoms with E-state index < -0.39 is 0 Å². The van der Waals surface area contributed by atoms with Crippen LogP contribution in [0.2, 0.25) is 0 Å². The lowest BCUT2D eigenvalue weighted by atomic mass is 9.99. The molecule has 150 valence electrons. The Labute approximate surface area is 169 Å². The Morgan fingerprint density at radius 1 is 1.03 bits per heavy atom. The highest BCUT2D eigenvalue weighted by Gasteiger charge is 2.34. The fraction of sp³-hybridized carbons (Fsp3) is 0.261. The van der Waals surface area contributed by atoms with Crippen molar-refractivity contribution >= 4 is 5.91 Å². The molecule has 4 rings (SSSR count). The Bertz CT molecular complexity index is 979. The van der Waals surface area contributed by atoms with Gasteiger partial charge in [-0.2, -0.15) is 0 Å². The van der Waals surface area contributed by atoms with E-state index in [4.69, 9.17) is 18.6 Å². The van der Waals surface area contributed by atoms with Gasteiger partial charge in [0.25, 0.3) is 5.91 Å². The van der Waals surface area contributed by atoms with E-state index in [1.165, 1.54) is 0 Å². The molecule has 0 fully saturated rings. The molecule has 29 heavy (non-hydrogen) atoms. The van der Waals surface area contributed by atoms with Gasteiger partial charge in [0.15, 0.2) is 0 Å². The van der Waals surface area contributed by atoms with Crippen LogP contribution < -0.4 is 14.2 Å². The van der Waals surface area contributed by atoms with Crippen LogP contribution in [-0.4, -0.2) is 38.2 Å². The van der Waals surface area contributed by atoms with Gasteiger partial charge in [-0.15, -0.1) is 0 Å². The Morgan fingerprint density at radius 3 is 2.55 bits per heavy atom. The van der Waals surface area contributed by atoms with Crippen LogP contribution in [0.15, 0.2) is 65.3 Å². The second-order valence-corrected chi connectivity index (χ2v) is 6.79. The number of nitrogens with zero attached hydrogens (tertiary/aromatic N) is 1. The fourth-order valence-corrected chi connectivity index (χ4v) is 3.56. The normalized spacial score (nSPS) is 15.5. The molecule has 1 unspecified atom stereocenters. The smallest absolute Gasteiger partial charge is 0.254 e. The van der Waals surface area contributed by atoms with Crippen molar-refractivity contribution in [3.8, 4) is 17.2 Å². The molecule has 0 aliphatic carbocycles. The summed E-state index contributed by atoms with van der Waals surface area (Å²) in [4.78, 5) is 15.1. The van der Waals surface area contributed by atoms with Crippen molar-refractivity contribution in [3.05, 3.63) is 77.7 Å². The lowest BCUT2D eigenvalue weighted by molar-refractivity contribution is 0.0548. The number of fused-ring (bicyclic) bond motifs is 1. The van der Waals surface area contributed by atoms with Gasteiger partial charge < -0.3 is 23.5 Å². The minimum Gasteiger partial charge on any atom is -0.497 e. The van der Waals surface area contributed by atoms with E-state index in [1.54, 1.807) is 32.6 Å². The number of rotatable bonds is 6. The Morgan fingerprint density at radius 2 is 1.79 bits per heavy atom. The lowest BCUT2D eigenvalue weighted by Gasteiger charge is -2.34. The molecule has 1 atom stereocenters. The van der Waals surface area contributed by atoms with Gasteiger partial charge in [0.05, 0.1) is 20.5 Å². The molecule has 0 saturated heterocycles. The van der Waals surface area contributed by atoms with Gasteiger partial charge in [-0.25, -0.2) is 0 Å². The molecule has 0 saturated carbocycles. The first kappa shape index (κ1) is 18.9. The van der Waals surface area contributed by atoms with E-state index in [2.05, 4.69) is 0 Å². The first-order valence-corrected chi connectivity index (χ1v) is 9.47. The molecule has 1 aromatic heterocycles. The van der Waals surface area contributed by atoms with Crippen LogP contribution in [0.25, 0.3) is 0 Å². The number of ether oxygens (including phenoxy) is 3. The van der Waals surface area contributed by atoms with E-state index in [9.17, 15) is 4.79 Å². The predicted molar refractivity (Wildman–Crippen MR) is 108 cm³/mol. The average Bonchev–Trinajstić information content (AvgIpc) is 3.26. The topological polar surface area (TPSA) is 61.1 Å². The first-order valence-electron chi connectivity index (χ1n) is 9.47. The maximum absolute atomic E-state index is 13.3. The highest BCUT2D eigenvalue weighted by molar-refractivity contribution is 5.95. The molecule has 0 N–H and O–H groups in total. The standard InChI is InChI=1S/C23H23NO5/c1-26-18-6-8-19(9-7-18)29-15-21-22-16(11-13-28-22)10-12-24(21)23(25)17-4-3-5-20(14-17)27-2/h3-9,11,13-14,21H,10,12,15H2,1-2H3. The molecule has 1 aliphatic rings. The number of benzene rings is 2. The van der Waals surface area contributed by atoms with Gasteiger partial charge in [-0.1, -0.05) is 6.07 Å². The van der Waals surface area contributed by atoms with Crippen molar-refractivity contribution in [3.63, 3.8) is 0 Å². The molecule has 1 aliphatic heterocycles. The van der Waals surface area contributed by atoms with E-state index in [-0.39, 0.29) is 11.9 Å². The van der Waals surface area contributed by atoms with Crippen LogP contribution in [-0.2, 0) is 6.42 Å². The van der Waals surface area contributed by atoms with Crippen molar-refractivity contribution < 1.29 is 23.4 Å². The van der Waals surface area contributed by atoms with Gasteiger partial charge in [-0.3, -0.25) is 4.79 Å². The Hall–Kier alpha value is -3.41. The lowest BCUT2D eigenvalue weighted by Crippen LogP contribution is -2.42. The molecular formula is C23H23NO5. The third-order valence-electron chi connectivity index (χ3n) is 5.13. The Kier molecular flexibility index (Phi) is 5.42. The predicted octanol–water partition coefficient (Wildman–Crippen LogP) is 4.12. The van der Waals surface area contributed by atoms with E-state index in [0.717, 1.165) is 23.5 Å². The quantitative estimate of drug-likeness (QED) is 0.631. The largest absolute Gasteiger partial charge is 0.497 e. The summed E-state index contributed by atoms with van der Waals surface area (Å²) in [5, 5.41) is 0. The third kappa shape index (κ3) is 3.92. The highest BCUT2D eigenvalue weighted by atomic mass is 16.5. The molecule has 2 heterocycles.